The smallest absolute Gasteiger partial charge is 0.309 e. The number of esters is 1. The maximum atomic E-state index is 11.7. The van der Waals surface area contributed by atoms with Crippen molar-refractivity contribution in [2.45, 2.75) is 45.1 Å². The van der Waals surface area contributed by atoms with Gasteiger partial charge in [0.2, 0.25) is 0 Å². The molecule has 0 aromatic rings. The Morgan fingerprint density at radius 3 is 3.07 bits per heavy atom. The van der Waals surface area contributed by atoms with E-state index in [1.807, 2.05) is 0 Å². The highest BCUT2D eigenvalue weighted by molar-refractivity contribution is 5.77. The standard InChI is InChI=1S/C12H16O2/c1-11-3-7-2-8-10(13)14-9(5-11)12(8,4-7)6-11/h7-9H,2-6H2,1H3. The molecule has 5 unspecified atom stereocenters. The largest absolute Gasteiger partial charge is 0.461 e. The van der Waals surface area contributed by atoms with E-state index < -0.39 is 0 Å². The molecule has 4 rings (SSSR count). The zero-order valence-corrected chi connectivity index (χ0v) is 8.58. The summed E-state index contributed by atoms with van der Waals surface area (Å²) in [6.45, 7) is 2.40. The van der Waals surface area contributed by atoms with E-state index in [1.54, 1.807) is 0 Å². The fourth-order valence-corrected chi connectivity index (χ4v) is 5.23. The first-order chi connectivity index (χ1) is 6.61. The lowest BCUT2D eigenvalue weighted by atomic mass is 9.69. The van der Waals surface area contributed by atoms with Crippen LogP contribution in [0.1, 0.15) is 39.0 Å². The molecule has 1 aliphatic heterocycles. The Balaban J connectivity index is 1.90. The predicted molar refractivity (Wildman–Crippen MR) is 50.5 cm³/mol. The summed E-state index contributed by atoms with van der Waals surface area (Å²) in [5.74, 6) is 1.24. The molecule has 4 fully saturated rings. The molecule has 2 heteroatoms. The molecular formula is C12H16O2. The highest BCUT2D eigenvalue weighted by Gasteiger charge is 2.70. The van der Waals surface area contributed by atoms with Gasteiger partial charge in [0.1, 0.15) is 6.10 Å². The summed E-state index contributed by atoms with van der Waals surface area (Å²) in [5.41, 5.74) is 0.803. The Kier molecular flexibility index (Phi) is 1.04. The van der Waals surface area contributed by atoms with Crippen molar-refractivity contribution in [2.24, 2.45) is 22.7 Å². The van der Waals surface area contributed by atoms with E-state index in [1.165, 1.54) is 19.3 Å². The van der Waals surface area contributed by atoms with Crippen molar-refractivity contribution in [2.75, 3.05) is 0 Å². The second-order valence-electron chi connectivity index (χ2n) is 6.41. The van der Waals surface area contributed by atoms with Crippen molar-refractivity contribution in [1.82, 2.24) is 0 Å². The van der Waals surface area contributed by atoms with Crippen LogP contribution in [0.15, 0.2) is 0 Å². The third-order valence-corrected chi connectivity index (χ3v) is 5.33. The lowest BCUT2D eigenvalue weighted by Crippen LogP contribution is -2.30. The van der Waals surface area contributed by atoms with Gasteiger partial charge in [0.15, 0.2) is 0 Å². The molecule has 0 aromatic carbocycles. The number of hydrogen-bond acceptors (Lipinski definition) is 2. The summed E-state index contributed by atoms with van der Waals surface area (Å²) in [4.78, 5) is 11.7. The molecule has 0 N–H and O–H groups in total. The van der Waals surface area contributed by atoms with E-state index >= 15 is 0 Å². The normalized spacial score (nSPS) is 63.2. The number of rotatable bonds is 0. The molecule has 1 heterocycles. The van der Waals surface area contributed by atoms with Crippen LogP contribution in [0.5, 0.6) is 0 Å². The Hall–Kier alpha value is -0.530. The second-order valence-corrected chi connectivity index (χ2v) is 6.41. The summed E-state index contributed by atoms with van der Waals surface area (Å²) in [6.07, 6.45) is 6.45. The number of hydrogen-bond donors (Lipinski definition) is 0. The van der Waals surface area contributed by atoms with Crippen LogP contribution in [0.4, 0.5) is 0 Å². The third-order valence-electron chi connectivity index (χ3n) is 5.33. The summed E-state index contributed by atoms with van der Waals surface area (Å²) in [5, 5.41) is 0. The van der Waals surface area contributed by atoms with Gasteiger partial charge in [0, 0.05) is 5.41 Å². The zero-order chi connectivity index (χ0) is 9.55. The Morgan fingerprint density at radius 2 is 2.21 bits per heavy atom. The van der Waals surface area contributed by atoms with Crippen LogP contribution in [0.2, 0.25) is 0 Å². The molecule has 14 heavy (non-hydrogen) atoms. The van der Waals surface area contributed by atoms with Crippen LogP contribution in [0.25, 0.3) is 0 Å². The quantitative estimate of drug-likeness (QED) is 0.549. The molecule has 5 atom stereocenters. The van der Waals surface area contributed by atoms with Crippen molar-refractivity contribution < 1.29 is 9.53 Å². The molecule has 0 radical (unpaired) electrons. The molecule has 3 saturated carbocycles. The minimum absolute atomic E-state index is 0.126. The van der Waals surface area contributed by atoms with Gasteiger partial charge in [0.25, 0.3) is 0 Å². The van der Waals surface area contributed by atoms with Gasteiger partial charge in [-0.05, 0) is 43.4 Å². The summed E-state index contributed by atoms with van der Waals surface area (Å²) in [6, 6.07) is 0. The molecule has 0 amide bonds. The minimum Gasteiger partial charge on any atom is -0.461 e. The maximum absolute atomic E-state index is 11.7. The van der Waals surface area contributed by atoms with Crippen molar-refractivity contribution >= 4 is 5.97 Å². The molecule has 0 aromatic heterocycles. The monoisotopic (exact) mass is 192 g/mol. The molecule has 2 nitrogen and oxygen atoms in total. The summed E-state index contributed by atoms with van der Waals surface area (Å²) in [7, 11) is 0. The molecule has 3 aliphatic carbocycles. The van der Waals surface area contributed by atoms with E-state index in [-0.39, 0.29) is 18.0 Å². The van der Waals surface area contributed by atoms with Crippen LogP contribution in [-0.4, -0.2) is 12.1 Å². The molecule has 76 valence electrons. The van der Waals surface area contributed by atoms with Gasteiger partial charge in [-0.3, -0.25) is 4.79 Å². The van der Waals surface area contributed by atoms with Crippen molar-refractivity contribution in [3.63, 3.8) is 0 Å². The predicted octanol–water partition coefficient (Wildman–Crippen LogP) is 2.13. The van der Waals surface area contributed by atoms with Crippen LogP contribution in [0, 0.1) is 22.7 Å². The molecule has 4 aliphatic rings. The van der Waals surface area contributed by atoms with Gasteiger partial charge in [-0.1, -0.05) is 6.92 Å². The third kappa shape index (κ3) is 0.636. The number of fused-ring (bicyclic) bond motifs is 2. The lowest BCUT2D eigenvalue weighted by Gasteiger charge is -2.34. The topological polar surface area (TPSA) is 26.3 Å². The number of carbonyl (C=O) groups is 1. The van der Waals surface area contributed by atoms with Crippen LogP contribution in [-0.2, 0) is 9.53 Å². The van der Waals surface area contributed by atoms with E-state index in [4.69, 9.17) is 4.74 Å². The van der Waals surface area contributed by atoms with Crippen LogP contribution < -0.4 is 0 Å². The Labute approximate surface area is 84.0 Å². The fraction of sp³-hybridized carbons (Fsp3) is 0.917. The van der Waals surface area contributed by atoms with Crippen molar-refractivity contribution in [3.8, 4) is 0 Å². The van der Waals surface area contributed by atoms with Gasteiger partial charge in [-0.25, -0.2) is 0 Å². The van der Waals surface area contributed by atoms with Gasteiger partial charge in [-0.15, -0.1) is 0 Å². The Bertz CT molecular complexity index is 337. The van der Waals surface area contributed by atoms with E-state index in [9.17, 15) is 4.79 Å². The molecule has 3 bridgehead atoms. The van der Waals surface area contributed by atoms with Crippen LogP contribution >= 0.6 is 0 Å². The van der Waals surface area contributed by atoms with Crippen LogP contribution in [0.3, 0.4) is 0 Å². The molecule has 1 saturated heterocycles. The van der Waals surface area contributed by atoms with Crippen molar-refractivity contribution in [1.29, 1.82) is 0 Å². The Morgan fingerprint density at radius 1 is 1.36 bits per heavy atom. The first-order valence-electron chi connectivity index (χ1n) is 5.82. The van der Waals surface area contributed by atoms with Crippen molar-refractivity contribution in [3.05, 3.63) is 0 Å². The van der Waals surface area contributed by atoms with E-state index in [2.05, 4.69) is 6.92 Å². The highest BCUT2D eigenvalue weighted by Crippen LogP contribution is 2.72. The van der Waals surface area contributed by atoms with Gasteiger partial charge < -0.3 is 4.74 Å². The highest BCUT2D eigenvalue weighted by atomic mass is 16.6. The van der Waals surface area contributed by atoms with E-state index in [0.29, 0.717) is 10.8 Å². The van der Waals surface area contributed by atoms with Gasteiger partial charge in [-0.2, -0.15) is 0 Å². The fourth-order valence-electron chi connectivity index (χ4n) is 5.23. The number of carbonyl (C=O) groups excluding carboxylic acids is 1. The average Bonchev–Trinajstić information content (AvgIpc) is 2.54. The van der Waals surface area contributed by atoms with Gasteiger partial charge >= 0.3 is 5.97 Å². The molecular weight excluding hydrogens is 176 g/mol. The zero-order valence-electron chi connectivity index (χ0n) is 8.58. The summed E-state index contributed by atoms with van der Waals surface area (Å²) < 4.78 is 5.57. The summed E-state index contributed by atoms with van der Waals surface area (Å²) >= 11 is 0. The van der Waals surface area contributed by atoms with E-state index in [0.717, 1.165) is 18.8 Å². The second kappa shape index (κ2) is 1.89. The average molecular weight is 192 g/mol. The SMILES string of the molecule is CC12CC3CC4C(=O)OC(C1)C4(C3)C2. The first kappa shape index (κ1) is 7.72. The molecule has 1 spiro atoms. The minimum atomic E-state index is 0.126. The lowest BCUT2D eigenvalue weighted by molar-refractivity contribution is -0.144. The maximum Gasteiger partial charge on any atom is 0.309 e. The number of ether oxygens (including phenoxy) is 1. The van der Waals surface area contributed by atoms with Gasteiger partial charge in [0.05, 0.1) is 5.92 Å². The first-order valence-corrected chi connectivity index (χ1v) is 5.82.